The van der Waals surface area contributed by atoms with E-state index in [0.717, 1.165) is 0 Å². The van der Waals surface area contributed by atoms with Gasteiger partial charge in [-0.25, -0.2) is 5.90 Å². The molecule has 0 radical (unpaired) electrons. The van der Waals surface area contributed by atoms with E-state index < -0.39 is 12.0 Å². The summed E-state index contributed by atoms with van der Waals surface area (Å²) in [6, 6.07) is 0. The molecule has 0 aliphatic rings. The summed E-state index contributed by atoms with van der Waals surface area (Å²) in [5.74, 6) is 3.99. The van der Waals surface area contributed by atoms with Crippen LogP contribution in [0, 0.1) is 0 Å². The molecule has 0 spiro atoms. The molecule has 0 aromatic carbocycles. The van der Waals surface area contributed by atoms with Crippen LogP contribution >= 0.6 is 0 Å². The Hall–Kier alpha value is -0.650. The fourth-order valence-electron chi connectivity index (χ4n) is 0.395. The number of primary amides is 1. The van der Waals surface area contributed by atoms with Crippen molar-refractivity contribution in [2.24, 2.45) is 11.6 Å². The molecule has 0 bridgehead atoms. The number of rotatable bonds is 4. The van der Waals surface area contributed by atoms with Gasteiger partial charge < -0.3 is 10.8 Å². The average molecular weight is 134 g/mol. The number of aliphatic hydroxyl groups is 1. The molecule has 0 heterocycles. The topological polar surface area (TPSA) is 98.6 Å². The minimum Gasteiger partial charge on any atom is -0.396 e. The first-order valence-corrected chi connectivity index (χ1v) is 2.48. The first kappa shape index (κ1) is 8.35. The molecule has 1 amide bonds. The van der Waals surface area contributed by atoms with E-state index in [4.69, 9.17) is 10.8 Å². The van der Waals surface area contributed by atoms with Gasteiger partial charge in [-0.15, -0.1) is 0 Å². The highest BCUT2D eigenvalue weighted by Crippen LogP contribution is 1.91. The van der Waals surface area contributed by atoms with E-state index in [-0.39, 0.29) is 13.0 Å². The third kappa shape index (κ3) is 3.02. The van der Waals surface area contributed by atoms with Crippen molar-refractivity contribution in [3.05, 3.63) is 0 Å². The standard InChI is InChI=1S/C4H10N2O3/c5-4(8)3(9-6)1-2-7/h3,7H,1-2,6H2,(H2,5,8). The number of carbonyl (C=O) groups is 1. The summed E-state index contributed by atoms with van der Waals surface area (Å²) in [6.45, 7) is -0.162. The first-order chi connectivity index (χ1) is 4.22. The molecule has 0 saturated heterocycles. The van der Waals surface area contributed by atoms with Crippen LogP contribution in [0.1, 0.15) is 6.42 Å². The van der Waals surface area contributed by atoms with Crippen molar-refractivity contribution in [1.82, 2.24) is 0 Å². The Bertz CT molecular complexity index is 95.8. The van der Waals surface area contributed by atoms with E-state index in [2.05, 4.69) is 10.7 Å². The van der Waals surface area contributed by atoms with Gasteiger partial charge in [0.05, 0.1) is 0 Å². The van der Waals surface area contributed by atoms with E-state index in [1.807, 2.05) is 0 Å². The van der Waals surface area contributed by atoms with Crippen molar-refractivity contribution in [2.45, 2.75) is 12.5 Å². The highest BCUT2D eigenvalue weighted by atomic mass is 16.6. The Labute approximate surface area is 52.5 Å². The summed E-state index contributed by atoms with van der Waals surface area (Å²) in [6.07, 6.45) is -0.721. The molecule has 0 saturated carbocycles. The number of hydrogen-bond donors (Lipinski definition) is 3. The SMILES string of the molecule is NOC(CCO)C(N)=O. The fourth-order valence-corrected chi connectivity index (χ4v) is 0.395. The fraction of sp³-hybridized carbons (Fsp3) is 0.750. The molecule has 0 aliphatic carbocycles. The third-order valence-corrected chi connectivity index (χ3v) is 0.873. The van der Waals surface area contributed by atoms with Crippen LogP contribution in [0.2, 0.25) is 0 Å². The van der Waals surface area contributed by atoms with Gasteiger partial charge in [0.1, 0.15) is 0 Å². The zero-order valence-electron chi connectivity index (χ0n) is 4.91. The van der Waals surface area contributed by atoms with Crippen LogP contribution < -0.4 is 11.6 Å². The van der Waals surface area contributed by atoms with Crippen molar-refractivity contribution < 1.29 is 14.7 Å². The Morgan fingerprint density at radius 1 is 1.78 bits per heavy atom. The van der Waals surface area contributed by atoms with Crippen LogP contribution in [0.25, 0.3) is 0 Å². The summed E-state index contributed by atoms with van der Waals surface area (Å²) in [4.78, 5) is 14.3. The summed E-state index contributed by atoms with van der Waals surface area (Å²) in [7, 11) is 0. The Morgan fingerprint density at radius 2 is 2.33 bits per heavy atom. The van der Waals surface area contributed by atoms with Crippen LogP contribution in [0.3, 0.4) is 0 Å². The van der Waals surface area contributed by atoms with Crippen LogP contribution in [0.5, 0.6) is 0 Å². The molecule has 5 heteroatoms. The highest BCUT2D eigenvalue weighted by Gasteiger charge is 2.12. The van der Waals surface area contributed by atoms with E-state index >= 15 is 0 Å². The second-order valence-electron chi connectivity index (χ2n) is 1.54. The minimum atomic E-state index is -0.866. The van der Waals surface area contributed by atoms with Crippen molar-refractivity contribution in [2.75, 3.05) is 6.61 Å². The maximum atomic E-state index is 10.2. The number of hydrogen-bond acceptors (Lipinski definition) is 4. The van der Waals surface area contributed by atoms with Gasteiger partial charge in [0, 0.05) is 13.0 Å². The molecule has 0 fully saturated rings. The highest BCUT2D eigenvalue weighted by molar-refractivity contribution is 5.78. The van der Waals surface area contributed by atoms with Crippen molar-refractivity contribution in [3.63, 3.8) is 0 Å². The van der Waals surface area contributed by atoms with E-state index in [0.29, 0.717) is 0 Å². The summed E-state index contributed by atoms with van der Waals surface area (Å²) >= 11 is 0. The van der Waals surface area contributed by atoms with Gasteiger partial charge >= 0.3 is 0 Å². The molecule has 9 heavy (non-hydrogen) atoms. The van der Waals surface area contributed by atoms with Crippen molar-refractivity contribution in [1.29, 1.82) is 0 Å². The quantitative estimate of drug-likeness (QED) is 0.391. The lowest BCUT2D eigenvalue weighted by atomic mass is 10.2. The van der Waals surface area contributed by atoms with Gasteiger partial charge in [0.2, 0.25) is 5.91 Å². The molecule has 0 rings (SSSR count). The maximum Gasteiger partial charge on any atom is 0.248 e. The van der Waals surface area contributed by atoms with Crippen LogP contribution in [-0.2, 0) is 9.63 Å². The van der Waals surface area contributed by atoms with Gasteiger partial charge in [-0.05, 0) is 0 Å². The van der Waals surface area contributed by atoms with E-state index in [1.54, 1.807) is 0 Å². The largest absolute Gasteiger partial charge is 0.396 e. The zero-order valence-corrected chi connectivity index (χ0v) is 4.91. The predicted octanol–water partition coefficient (Wildman–Crippen LogP) is -1.89. The maximum absolute atomic E-state index is 10.2. The van der Waals surface area contributed by atoms with Crippen molar-refractivity contribution >= 4 is 5.91 Å². The normalized spacial score (nSPS) is 13.1. The van der Waals surface area contributed by atoms with Gasteiger partial charge in [-0.1, -0.05) is 0 Å². The molecule has 0 aromatic rings. The average Bonchev–Trinajstić information content (AvgIpc) is 1.82. The van der Waals surface area contributed by atoms with Gasteiger partial charge in [-0.3, -0.25) is 9.63 Å². The molecule has 0 aromatic heterocycles. The Kier molecular flexibility index (Phi) is 3.94. The lowest BCUT2D eigenvalue weighted by Crippen LogP contribution is -2.34. The molecule has 54 valence electrons. The molecule has 1 unspecified atom stereocenters. The lowest BCUT2D eigenvalue weighted by molar-refractivity contribution is -0.130. The monoisotopic (exact) mass is 134 g/mol. The van der Waals surface area contributed by atoms with Crippen LogP contribution in [0.15, 0.2) is 0 Å². The Morgan fingerprint density at radius 3 is 2.44 bits per heavy atom. The second-order valence-corrected chi connectivity index (χ2v) is 1.54. The number of nitrogens with two attached hydrogens (primary N) is 2. The number of amides is 1. The van der Waals surface area contributed by atoms with Crippen LogP contribution in [-0.4, -0.2) is 23.7 Å². The smallest absolute Gasteiger partial charge is 0.248 e. The van der Waals surface area contributed by atoms with E-state index in [1.165, 1.54) is 0 Å². The molecule has 0 aliphatic heterocycles. The summed E-state index contributed by atoms with van der Waals surface area (Å²) in [5.41, 5.74) is 4.78. The first-order valence-electron chi connectivity index (χ1n) is 2.48. The lowest BCUT2D eigenvalue weighted by Gasteiger charge is -2.06. The minimum absolute atomic E-state index is 0.145. The zero-order chi connectivity index (χ0) is 7.28. The van der Waals surface area contributed by atoms with Gasteiger partial charge in [0.25, 0.3) is 0 Å². The molecular weight excluding hydrogens is 124 g/mol. The van der Waals surface area contributed by atoms with Crippen molar-refractivity contribution in [3.8, 4) is 0 Å². The second kappa shape index (κ2) is 4.25. The van der Waals surface area contributed by atoms with Crippen LogP contribution in [0.4, 0.5) is 0 Å². The van der Waals surface area contributed by atoms with E-state index in [9.17, 15) is 4.79 Å². The summed E-state index contributed by atoms with van der Waals surface area (Å²) < 4.78 is 0. The number of carbonyl (C=O) groups excluding carboxylic acids is 1. The third-order valence-electron chi connectivity index (χ3n) is 0.873. The predicted molar refractivity (Wildman–Crippen MR) is 30.0 cm³/mol. The molecular formula is C4H10N2O3. The molecule has 5 nitrogen and oxygen atoms in total. The Balaban J connectivity index is 3.54. The molecule has 5 N–H and O–H groups in total. The number of aliphatic hydroxyl groups excluding tert-OH is 1. The summed E-state index contributed by atoms with van der Waals surface area (Å²) in [5, 5.41) is 8.27. The van der Waals surface area contributed by atoms with Gasteiger partial charge in [-0.2, -0.15) is 0 Å². The van der Waals surface area contributed by atoms with Gasteiger partial charge in [0.15, 0.2) is 6.10 Å². The molecule has 1 atom stereocenters.